The smallest absolute Gasteiger partial charge is 0.306 e. The molecule has 1 rings (SSSR count). The summed E-state index contributed by atoms with van der Waals surface area (Å²) in [6.07, 6.45) is 35.5. The number of aliphatic hydroxyl groups is 4. The number of hydrogen-bond acceptors (Lipinski definition) is 9. The number of ether oxygens (including phenoxy) is 4. The minimum absolute atomic E-state index is 0.105. The molecule has 0 spiro atoms. The Balaban J connectivity index is 2.21. The zero-order valence-electron chi connectivity index (χ0n) is 36.7. The van der Waals surface area contributed by atoms with Crippen LogP contribution in [0.25, 0.3) is 0 Å². The maximum atomic E-state index is 12.8. The molecular weight excluding hydrogens is 709 g/mol. The Morgan fingerprint density at radius 3 is 1.27 bits per heavy atom. The number of carbonyl (C=O) groups excluding carboxylic acids is 1. The van der Waals surface area contributed by atoms with E-state index in [2.05, 4.69) is 13.8 Å². The highest BCUT2D eigenvalue weighted by atomic mass is 16.7. The zero-order chi connectivity index (χ0) is 40.7. The molecule has 334 valence electrons. The molecule has 0 bridgehead atoms. The number of unbranched alkanes of at least 4 members (excludes halogenated alkanes) is 31. The summed E-state index contributed by atoms with van der Waals surface area (Å²) in [5, 5.41) is 40.1. The average molecular weight is 801 g/mol. The third-order valence-electron chi connectivity index (χ3n) is 11.5. The van der Waals surface area contributed by atoms with Gasteiger partial charge in [-0.15, -0.1) is 0 Å². The first kappa shape index (κ1) is 53.2. The van der Waals surface area contributed by atoms with Gasteiger partial charge in [0.1, 0.15) is 30.5 Å². The van der Waals surface area contributed by atoms with Crippen molar-refractivity contribution >= 4 is 5.97 Å². The Morgan fingerprint density at radius 1 is 0.500 bits per heavy atom. The van der Waals surface area contributed by atoms with Gasteiger partial charge in [0.2, 0.25) is 0 Å². The quantitative estimate of drug-likeness (QED) is 0.0351. The summed E-state index contributed by atoms with van der Waals surface area (Å²) in [5.41, 5.74) is 0. The lowest BCUT2D eigenvalue weighted by Crippen LogP contribution is -2.59. The topological polar surface area (TPSA) is 135 Å². The lowest BCUT2D eigenvalue weighted by atomic mass is 9.99. The standard InChI is InChI=1S/C47H92O9/c1-3-5-7-9-11-13-15-17-19-20-21-22-24-26-28-30-32-34-36-43(49)55-41(40-54-47-46(52)45(51)44(50)42(38-48)56-47)39-53-37-35-33-31-29-27-25-23-18-16-14-12-10-8-6-4-2/h41-42,44-48,50-52H,3-40H2,1-2H3. The molecule has 0 aromatic rings. The predicted molar refractivity (Wildman–Crippen MR) is 229 cm³/mol. The van der Waals surface area contributed by atoms with E-state index < -0.39 is 43.4 Å². The Morgan fingerprint density at radius 2 is 0.875 bits per heavy atom. The summed E-state index contributed by atoms with van der Waals surface area (Å²) in [6, 6.07) is 0. The summed E-state index contributed by atoms with van der Waals surface area (Å²) in [4.78, 5) is 12.8. The van der Waals surface area contributed by atoms with Gasteiger partial charge < -0.3 is 39.4 Å². The van der Waals surface area contributed by atoms with Crippen LogP contribution in [0, 0.1) is 0 Å². The van der Waals surface area contributed by atoms with Crippen LogP contribution < -0.4 is 0 Å². The van der Waals surface area contributed by atoms with E-state index in [-0.39, 0.29) is 19.2 Å². The fourth-order valence-corrected chi connectivity index (χ4v) is 7.73. The van der Waals surface area contributed by atoms with Crippen molar-refractivity contribution < 1.29 is 44.2 Å². The van der Waals surface area contributed by atoms with Crippen molar-refractivity contribution in [1.82, 2.24) is 0 Å². The van der Waals surface area contributed by atoms with Gasteiger partial charge in [0.05, 0.1) is 19.8 Å². The van der Waals surface area contributed by atoms with Gasteiger partial charge in [0, 0.05) is 13.0 Å². The van der Waals surface area contributed by atoms with Gasteiger partial charge >= 0.3 is 5.97 Å². The van der Waals surface area contributed by atoms with Crippen molar-refractivity contribution in [3.05, 3.63) is 0 Å². The van der Waals surface area contributed by atoms with Crippen molar-refractivity contribution in [2.24, 2.45) is 0 Å². The van der Waals surface area contributed by atoms with Gasteiger partial charge in [-0.1, -0.05) is 213 Å². The monoisotopic (exact) mass is 801 g/mol. The molecule has 0 radical (unpaired) electrons. The lowest BCUT2D eigenvalue weighted by molar-refractivity contribution is -0.305. The first-order chi connectivity index (χ1) is 27.4. The number of aliphatic hydroxyl groups excluding tert-OH is 4. The molecule has 1 fully saturated rings. The lowest BCUT2D eigenvalue weighted by Gasteiger charge is -2.39. The van der Waals surface area contributed by atoms with E-state index in [1.165, 1.54) is 180 Å². The molecule has 9 heteroatoms. The first-order valence-electron chi connectivity index (χ1n) is 24.1. The summed E-state index contributed by atoms with van der Waals surface area (Å²) < 4.78 is 22.9. The Labute approximate surface area is 344 Å². The molecule has 0 amide bonds. The second-order valence-electron chi connectivity index (χ2n) is 16.9. The normalized spacial score (nSPS) is 20.4. The van der Waals surface area contributed by atoms with Crippen molar-refractivity contribution in [1.29, 1.82) is 0 Å². The molecule has 0 saturated carbocycles. The van der Waals surface area contributed by atoms with Crippen LogP contribution in [0.3, 0.4) is 0 Å². The van der Waals surface area contributed by atoms with Gasteiger partial charge in [-0.2, -0.15) is 0 Å². The second kappa shape index (κ2) is 39.6. The third-order valence-corrected chi connectivity index (χ3v) is 11.5. The van der Waals surface area contributed by atoms with Crippen LogP contribution in [-0.4, -0.2) is 89.6 Å². The summed E-state index contributed by atoms with van der Waals surface area (Å²) in [7, 11) is 0. The van der Waals surface area contributed by atoms with Crippen LogP contribution >= 0.6 is 0 Å². The molecule has 6 atom stereocenters. The molecule has 56 heavy (non-hydrogen) atoms. The summed E-state index contributed by atoms with van der Waals surface area (Å²) in [5.74, 6) is -0.306. The van der Waals surface area contributed by atoms with Crippen LogP contribution in [0.1, 0.15) is 232 Å². The van der Waals surface area contributed by atoms with Crippen LogP contribution in [0.4, 0.5) is 0 Å². The highest BCUT2D eigenvalue weighted by molar-refractivity contribution is 5.69. The molecule has 1 aliphatic rings. The summed E-state index contributed by atoms with van der Waals surface area (Å²) >= 11 is 0. The average Bonchev–Trinajstić information content (AvgIpc) is 3.20. The maximum Gasteiger partial charge on any atom is 0.306 e. The molecule has 6 unspecified atom stereocenters. The van der Waals surface area contributed by atoms with E-state index in [0.29, 0.717) is 13.0 Å². The van der Waals surface area contributed by atoms with Crippen molar-refractivity contribution in [3.8, 4) is 0 Å². The molecule has 0 aromatic heterocycles. The third kappa shape index (κ3) is 30.3. The summed E-state index contributed by atoms with van der Waals surface area (Å²) in [6.45, 7) is 4.62. The number of esters is 1. The predicted octanol–water partition coefficient (Wildman–Crippen LogP) is 11.0. The molecule has 9 nitrogen and oxygen atoms in total. The maximum absolute atomic E-state index is 12.8. The Bertz CT molecular complexity index is 827. The highest BCUT2D eigenvalue weighted by Gasteiger charge is 2.44. The van der Waals surface area contributed by atoms with Gasteiger partial charge in [-0.3, -0.25) is 4.79 Å². The molecule has 1 heterocycles. The fourth-order valence-electron chi connectivity index (χ4n) is 7.73. The molecule has 0 aromatic carbocycles. The van der Waals surface area contributed by atoms with Crippen molar-refractivity contribution in [2.75, 3.05) is 26.4 Å². The first-order valence-corrected chi connectivity index (χ1v) is 24.1. The number of hydrogen-bond donors (Lipinski definition) is 4. The highest BCUT2D eigenvalue weighted by Crippen LogP contribution is 2.23. The fraction of sp³-hybridized carbons (Fsp3) is 0.979. The molecule has 1 saturated heterocycles. The van der Waals surface area contributed by atoms with E-state index in [4.69, 9.17) is 18.9 Å². The van der Waals surface area contributed by atoms with Crippen molar-refractivity contribution in [3.63, 3.8) is 0 Å². The van der Waals surface area contributed by atoms with Crippen LogP contribution in [0.15, 0.2) is 0 Å². The van der Waals surface area contributed by atoms with E-state index in [1.54, 1.807) is 0 Å². The van der Waals surface area contributed by atoms with Gasteiger partial charge in [-0.25, -0.2) is 0 Å². The van der Waals surface area contributed by atoms with E-state index in [9.17, 15) is 25.2 Å². The minimum Gasteiger partial charge on any atom is -0.457 e. The van der Waals surface area contributed by atoms with Crippen molar-refractivity contribution in [2.45, 2.75) is 269 Å². The van der Waals surface area contributed by atoms with Crippen LogP contribution in [-0.2, 0) is 23.7 Å². The largest absolute Gasteiger partial charge is 0.457 e. The Kier molecular flexibility index (Phi) is 37.7. The molecule has 1 aliphatic heterocycles. The van der Waals surface area contributed by atoms with Gasteiger partial charge in [0.15, 0.2) is 6.29 Å². The molecule has 4 N–H and O–H groups in total. The number of rotatable bonds is 42. The van der Waals surface area contributed by atoms with Crippen LogP contribution in [0.5, 0.6) is 0 Å². The Hall–Kier alpha value is -0.810. The second-order valence-corrected chi connectivity index (χ2v) is 16.9. The zero-order valence-corrected chi connectivity index (χ0v) is 36.7. The van der Waals surface area contributed by atoms with E-state index >= 15 is 0 Å². The molecule has 0 aliphatic carbocycles. The minimum atomic E-state index is -1.53. The van der Waals surface area contributed by atoms with E-state index in [1.807, 2.05) is 0 Å². The van der Waals surface area contributed by atoms with Gasteiger partial charge in [0.25, 0.3) is 0 Å². The van der Waals surface area contributed by atoms with Crippen LogP contribution in [0.2, 0.25) is 0 Å². The van der Waals surface area contributed by atoms with E-state index in [0.717, 1.165) is 32.1 Å². The van der Waals surface area contributed by atoms with Gasteiger partial charge in [-0.05, 0) is 12.8 Å². The molecular formula is C47H92O9. The SMILES string of the molecule is CCCCCCCCCCCCCCCCCCCCC(=O)OC(COCCCCCCCCCCCCCCCCC)COC1OC(CO)C(O)C(O)C1O. The number of carbonyl (C=O) groups is 1.